The first-order chi connectivity index (χ1) is 13.9. The number of nitrogens with one attached hydrogen (secondary N) is 2. The summed E-state index contributed by atoms with van der Waals surface area (Å²) in [6, 6.07) is 10.6. The molecule has 150 valence electrons. The van der Waals surface area contributed by atoms with Crippen molar-refractivity contribution in [2.75, 3.05) is 17.0 Å². The zero-order chi connectivity index (χ0) is 20.4. The number of fused-ring (bicyclic) bond motifs is 1. The lowest BCUT2D eigenvalue weighted by Crippen LogP contribution is -2.32. The number of amides is 1. The van der Waals surface area contributed by atoms with E-state index in [2.05, 4.69) is 20.2 Å². The molecular weight excluding hydrogens is 412 g/mol. The number of carbonyl (C=O) groups excluding carboxylic acids is 1. The molecule has 1 amide bonds. The number of hydrogen-bond acceptors (Lipinski definition) is 6. The van der Waals surface area contributed by atoms with Gasteiger partial charge in [-0.05, 0) is 35.7 Å². The van der Waals surface area contributed by atoms with Crippen LogP contribution < -0.4 is 10.0 Å². The number of thiophene rings is 1. The van der Waals surface area contributed by atoms with Gasteiger partial charge in [-0.2, -0.15) is 10.2 Å². The molecule has 0 saturated carbocycles. The molecular formula is C18H18N6O3S2. The normalized spacial score (nSPS) is 11.6. The van der Waals surface area contributed by atoms with Crippen LogP contribution in [0.15, 0.2) is 54.2 Å². The molecule has 0 fully saturated rings. The van der Waals surface area contributed by atoms with Crippen LogP contribution in [0, 0.1) is 0 Å². The van der Waals surface area contributed by atoms with Gasteiger partial charge in [0.05, 0.1) is 21.8 Å². The summed E-state index contributed by atoms with van der Waals surface area (Å²) in [5, 5.41) is 13.0. The van der Waals surface area contributed by atoms with Gasteiger partial charge in [0.25, 0.3) is 5.91 Å². The van der Waals surface area contributed by atoms with Crippen LogP contribution in [0.25, 0.3) is 16.1 Å². The molecule has 29 heavy (non-hydrogen) atoms. The topological polar surface area (TPSA) is 110 Å². The molecule has 2 N–H and O–H groups in total. The molecule has 0 aliphatic heterocycles. The van der Waals surface area contributed by atoms with Crippen molar-refractivity contribution in [3.8, 4) is 10.6 Å². The Morgan fingerprint density at radius 1 is 1.24 bits per heavy atom. The van der Waals surface area contributed by atoms with Crippen LogP contribution in [0.1, 0.15) is 10.5 Å². The molecule has 0 saturated heterocycles. The predicted molar refractivity (Wildman–Crippen MR) is 111 cm³/mol. The molecule has 0 spiro atoms. The zero-order valence-electron chi connectivity index (χ0n) is 15.4. The molecule has 4 rings (SSSR count). The largest absolute Gasteiger partial charge is 0.350 e. The van der Waals surface area contributed by atoms with Crippen LogP contribution in [-0.4, -0.2) is 46.0 Å². The van der Waals surface area contributed by atoms with Gasteiger partial charge in [0.2, 0.25) is 10.0 Å². The molecule has 9 nitrogen and oxygen atoms in total. The van der Waals surface area contributed by atoms with Gasteiger partial charge in [-0.1, -0.05) is 6.07 Å². The van der Waals surface area contributed by atoms with E-state index in [0.717, 1.165) is 10.4 Å². The van der Waals surface area contributed by atoms with Crippen molar-refractivity contribution in [3.05, 3.63) is 59.9 Å². The predicted octanol–water partition coefficient (Wildman–Crippen LogP) is 1.97. The van der Waals surface area contributed by atoms with Crippen LogP contribution in [0.3, 0.4) is 0 Å². The second kappa shape index (κ2) is 7.68. The van der Waals surface area contributed by atoms with Crippen molar-refractivity contribution in [2.24, 2.45) is 7.05 Å². The molecule has 11 heteroatoms. The molecule has 0 bridgehead atoms. The minimum atomic E-state index is -3.62. The van der Waals surface area contributed by atoms with E-state index in [1.165, 1.54) is 16.0 Å². The first-order valence-electron chi connectivity index (χ1n) is 8.71. The maximum atomic E-state index is 12.4. The number of aromatic nitrogens is 4. The average Bonchev–Trinajstić information content (AvgIpc) is 3.41. The Kier molecular flexibility index (Phi) is 5.07. The highest BCUT2D eigenvalue weighted by Gasteiger charge is 2.16. The number of anilines is 1. The number of aryl methyl sites for hydroxylation is 1. The number of nitrogens with zero attached hydrogens (tertiary/aromatic N) is 4. The fraction of sp³-hybridized carbons (Fsp3) is 0.167. The van der Waals surface area contributed by atoms with E-state index in [4.69, 9.17) is 0 Å². The standard InChI is InChI=1S/C18H18N6O3S2/c1-23-16(12-15(21-23)17-3-2-9-28-17)18(25)19-7-10-29(26,27)22-13-5-8-24-14(11-13)4-6-20-24/h2-6,8-9,11-12,22H,7,10H2,1H3,(H,19,25). The van der Waals surface area contributed by atoms with Crippen LogP contribution in [0.4, 0.5) is 5.69 Å². The van der Waals surface area contributed by atoms with E-state index in [1.807, 2.05) is 17.5 Å². The van der Waals surface area contributed by atoms with Crippen molar-refractivity contribution in [2.45, 2.75) is 0 Å². The van der Waals surface area contributed by atoms with E-state index in [9.17, 15) is 13.2 Å². The third kappa shape index (κ3) is 4.30. The maximum Gasteiger partial charge on any atom is 0.269 e. The third-order valence-corrected chi connectivity index (χ3v) is 6.40. The second-order valence-corrected chi connectivity index (χ2v) is 9.10. The van der Waals surface area contributed by atoms with Crippen LogP contribution in [-0.2, 0) is 17.1 Å². The lowest BCUT2D eigenvalue weighted by Gasteiger charge is -2.09. The molecule has 4 aromatic rings. The molecule has 4 aromatic heterocycles. The summed E-state index contributed by atoms with van der Waals surface area (Å²) in [4.78, 5) is 13.4. The molecule has 0 atom stereocenters. The zero-order valence-corrected chi connectivity index (χ0v) is 17.1. The van der Waals surface area contributed by atoms with Gasteiger partial charge < -0.3 is 5.32 Å². The van der Waals surface area contributed by atoms with E-state index >= 15 is 0 Å². The Hall–Kier alpha value is -3.18. The first kappa shape index (κ1) is 19.2. The van der Waals surface area contributed by atoms with Crippen molar-refractivity contribution >= 4 is 38.5 Å². The summed E-state index contributed by atoms with van der Waals surface area (Å²) in [6.07, 6.45) is 3.30. The molecule has 0 unspecified atom stereocenters. The van der Waals surface area contributed by atoms with Gasteiger partial charge in [-0.25, -0.2) is 12.9 Å². The fourth-order valence-corrected chi connectivity index (χ4v) is 4.47. The summed E-state index contributed by atoms with van der Waals surface area (Å²) in [5.41, 5.74) is 2.29. The van der Waals surface area contributed by atoms with Crippen molar-refractivity contribution in [1.82, 2.24) is 24.7 Å². The summed E-state index contributed by atoms with van der Waals surface area (Å²) < 4.78 is 30.3. The average molecular weight is 431 g/mol. The molecule has 4 heterocycles. The van der Waals surface area contributed by atoms with Gasteiger partial charge >= 0.3 is 0 Å². The Balaban J connectivity index is 1.36. The van der Waals surface area contributed by atoms with Crippen molar-refractivity contribution in [3.63, 3.8) is 0 Å². The summed E-state index contributed by atoms with van der Waals surface area (Å²) in [7, 11) is -1.94. The number of rotatable bonds is 7. The van der Waals surface area contributed by atoms with Gasteiger partial charge in [0.1, 0.15) is 11.4 Å². The summed E-state index contributed by atoms with van der Waals surface area (Å²) >= 11 is 1.53. The van der Waals surface area contributed by atoms with Gasteiger partial charge in [-0.15, -0.1) is 11.3 Å². The molecule has 0 aromatic carbocycles. The smallest absolute Gasteiger partial charge is 0.269 e. The lowest BCUT2D eigenvalue weighted by molar-refractivity contribution is 0.0946. The molecule has 0 aliphatic carbocycles. The lowest BCUT2D eigenvalue weighted by atomic mass is 10.3. The Labute approximate surface area is 171 Å². The first-order valence-corrected chi connectivity index (χ1v) is 11.2. The number of pyridine rings is 1. The van der Waals surface area contributed by atoms with Crippen molar-refractivity contribution < 1.29 is 13.2 Å². The highest BCUT2D eigenvalue weighted by Crippen LogP contribution is 2.23. The Morgan fingerprint density at radius 3 is 2.90 bits per heavy atom. The number of carbonyl (C=O) groups is 1. The summed E-state index contributed by atoms with van der Waals surface area (Å²) in [6.45, 7) is -0.0252. The number of hydrogen-bond donors (Lipinski definition) is 2. The van der Waals surface area contributed by atoms with Crippen molar-refractivity contribution in [1.29, 1.82) is 0 Å². The minimum absolute atomic E-state index is 0.0252. The Bertz CT molecular complexity index is 1260. The van der Waals surface area contributed by atoms with Gasteiger partial charge in [-0.3, -0.25) is 14.2 Å². The van der Waals surface area contributed by atoms with Gasteiger partial charge in [0, 0.05) is 26.0 Å². The highest BCUT2D eigenvalue weighted by molar-refractivity contribution is 7.92. The van der Waals surface area contributed by atoms with Crippen LogP contribution in [0.5, 0.6) is 0 Å². The third-order valence-electron chi connectivity index (χ3n) is 4.22. The minimum Gasteiger partial charge on any atom is -0.350 e. The molecule has 0 aliphatic rings. The molecule has 0 radical (unpaired) electrons. The quantitative estimate of drug-likeness (QED) is 0.466. The SMILES string of the molecule is Cn1nc(-c2cccs2)cc1C(=O)NCCS(=O)(=O)Nc1ccn2nccc2c1. The second-order valence-electron chi connectivity index (χ2n) is 6.31. The van der Waals surface area contributed by atoms with E-state index in [-0.39, 0.29) is 18.2 Å². The Morgan fingerprint density at radius 2 is 2.10 bits per heavy atom. The highest BCUT2D eigenvalue weighted by atomic mass is 32.2. The van der Waals surface area contributed by atoms with E-state index < -0.39 is 10.0 Å². The number of sulfonamides is 1. The van der Waals surface area contributed by atoms with E-state index in [0.29, 0.717) is 17.1 Å². The van der Waals surface area contributed by atoms with Crippen LogP contribution in [0.2, 0.25) is 0 Å². The fourth-order valence-electron chi connectivity index (χ4n) is 2.83. The maximum absolute atomic E-state index is 12.4. The van der Waals surface area contributed by atoms with Gasteiger partial charge in [0.15, 0.2) is 0 Å². The van der Waals surface area contributed by atoms with E-state index in [1.54, 1.807) is 48.2 Å². The van der Waals surface area contributed by atoms with Crippen LogP contribution >= 0.6 is 11.3 Å². The summed E-state index contributed by atoms with van der Waals surface area (Å²) in [5.74, 6) is -0.627. The monoisotopic (exact) mass is 430 g/mol.